The molecule has 0 saturated carbocycles. The fraction of sp³-hybridized carbons (Fsp3) is 0.444. The minimum Gasteiger partial charge on any atom is -0.343 e. The number of sulfone groups is 1. The molecule has 1 aliphatic rings. The van der Waals surface area contributed by atoms with Crippen LogP contribution in [0.4, 0.5) is 0 Å². The Morgan fingerprint density at radius 2 is 1.92 bits per heavy atom. The second-order valence-electron chi connectivity index (χ2n) is 6.24. The average molecular weight is 384 g/mol. The van der Waals surface area contributed by atoms with E-state index >= 15 is 0 Å². The van der Waals surface area contributed by atoms with Crippen LogP contribution in [0.1, 0.15) is 31.2 Å². The van der Waals surface area contributed by atoms with E-state index in [4.69, 9.17) is 11.6 Å². The first-order valence-electron chi connectivity index (χ1n) is 8.19. The fourth-order valence-corrected chi connectivity index (χ4v) is 4.42. The van der Waals surface area contributed by atoms with Crippen molar-refractivity contribution >= 4 is 39.2 Å². The van der Waals surface area contributed by atoms with Gasteiger partial charge in [-0.05, 0) is 36.6 Å². The van der Waals surface area contributed by atoms with Crippen LogP contribution in [0, 0.1) is 0 Å². The molecule has 0 spiro atoms. The number of amides is 1. The molecule has 136 valence electrons. The van der Waals surface area contributed by atoms with Gasteiger partial charge >= 0.3 is 0 Å². The third kappa shape index (κ3) is 6.29. The van der Waals surface area contributed by atoms with Crippen LogP contribution in [0.15, 0.2) is 30.3 Å². The second-order valence-corrected chi connectivity index (χ2v) is 8.98. The van der Waals surface area contributed by atoms with Gasteiger partial charge in [-0.25, -0.2) is 8.42 Å². The lowest BCUT2D eigenvalue weighted by atomic mass is 10.1. The zero-order chi connectivity index (χ0) is 18.4. The average Bonchev–Trinajstić information content (AvgIpc) is 2.57. The Hall–Kier alpha value is -1.66. The molecule has 0 unspecified atom stereocenters. The maximum atomic E-state index is 12.2. The zero-order valence-electron chi connectivity index (χ0n) is 14.2. The molecule has 2 rings (SSSR count). The highest BCUT2D eigenvalue weighted by Crippen LogP contribution is 2.18. The van der Waals surface area contributed by atoms with E-state index in [1.165, 1.54) is 6.08 Å². The molecule has 1 saturated heterocycles. The molecule has 1 heterocycles. The summed E-state index contributed by atoms with van der Waals surface area (Å²) in [7, 11) is -1.27. The third-order valence-electron chi connectivity index (χ3n) is 4.36. The number of carbonyl (C=O) groups excluding carboxylic acids is 2. The topological polar surface area (TPSA) is 71.5 Å². The van der Waals surface area contributed by atoms with Crippen molar-refractivity contribution in [3.8, 4) is 0 Å². The molecule has 0 aromatic heterocycles. The van der Waals surface area contributed by atoms with Gasteiger partial charge in [0.25, 0.3) is 0 Å². The minimum absolute atomic E-state index is 0.0619. The number of rotatable bonds is 6. The van der Waals surface area contributed by atoms with Crippen LogP contribution in [0.5, 0.6) is 0 Å². The van der Waals surface area contributed by atoms with Crippen LogP contribution < -0.4 is 0 Å². The first kappa shape index (κ1) is 19.7. The summed E-state index contributed by atoms with van der Waals surface area (Å²) in [6.07, 6.45) is 4.31. The number of halogens is 1. The second kappa shape index (κ2) is 8.63. The molecule has 1 aromatic carbocycles. The smallest absolute Gasteiger partial charge is 0.223 e. The summed E-state index contributed by atoms with van der Waals surface area (Å²) in [4.78, 5) is 25.7. The van der Waals surface area contributed by atoms with Crippen LogP contribution in [-0.4, -0.2) is 49.6 Å². The van der Waals surface area contributed by atoms with Gasteiger partial charge in [0.15, 0.2) is 5.78 Å². The van der Waals surface area contributed by atoms with E-state index < -0.39 is 9.84 Å². The Balaban J connectivity index is 1.80. The van der Waals surface area contributed by atoms with Crippen LogP contribution >= 0.6 is 11.6 Å². The van der Waals surface area contributed by atoms with Crippen LogP contribution in [0.25, 0.3) is 6.08 Å². The van der Waals surface area contributed by atoms with Gasteiger partial charge < -0.3 is 4.90 Å². The molecular weight excluding hydrogens is 362 g/mol. The minimum atomic E-state index is -2.95. The van der Waals surface area contributed by atoms with Crippen LogP contribution in [-0.2, 0) is 19.4 Å². The molecule has 25 heavy (non-hydrogen) atoms. The summed E-state index contributed by atoms with van der Waals surface area (Å²) < 4.78 is 22.9. The Morgan fingerprint density at radius 3 is 2.56 bits per heavy atom. The van der Waals surface area contributed by atoms with Crippen molar-refractivity contribution in [3.05, 3.63) is 40.9 Å². The Morgan fingerprint density at radius 1 is 1.24 bits per heavy atom. The predicted octanol–water partition coefficient (Wildman–Crippen LogP) is 2.74. The largest absolute Gasteiger partial charge is 0.343 e. The van der Waals surface area contributed by atoms with Crippen molar-refractivity contribution in [2.24, 2.45) is 0 Å². The molecule has 0 bridgehead atoms. The van der Waals surface area contributed by atoms with Crippen molar-refractivity contribution in [2.75, 3.05) is 18.6 Å². The van der Waals surface area contributed by atoms with Gasteiger partial charge in [-0.3, -0.25) is 9.59 Å². The molecule has 5 nitrogen and oxygen atoms in total. The fourth-order valence-electron chi connectivity index (χ4n) is 2.76. The van der Waals surface area contributed by atoms with Gasteiger partial charge in [0, 0.05) is 31.0 Å². The summed E-state index contributed by atoms with van der Waals surface area (Å²) in [5, 5.41) is 0.598. The lowest BCUT2D eigenvalue weighted by Gasteiger charge is -2.31. The highest BCUT2D eigenvalue weighted by molar-refractivity contribution is 7.91. The molecule has 0 radical (unpaired) electrons. The van der Waals surface area contributed by atoms with E-state index in [-0.39, 0.29) is 42.1 Å². The maximum absolute atomic E-state index is 12.2. The number of hydrogen-bond donors (Lipinski definition) is 0. The highest BCUT2D eigenvalue weighted by Gasteiger charge is 2.28. The summed E-state index contributed by atoms with van der Waals surface area (Å²) in [5.41, 5.74) is 0.827. The van der Waals surface area contributed by atoms with Crippen molar-refractivity contribution < 1.29 is 18.0 Å². The Kier molecular flexibility index (Phi) is 6.79. The number of carbonyl (C=O) groups is 2. The molecule has 0 N–H and O–H groups in total. The standard InChI is InChI=1S/C18H22ClNO4S/c1-20(16-9-11-25(23,24)12-10-16)18(22)8-7-17(21)6-5-14-3-2-4-15(19)13-14/h2-6,13,16H,7-12H2,1H3/b6-5+. The number of nitrogens with zero attached hydrogens (tertiary/aromatic N) is 1. The molecule has 1 aliphatic heterocycles. The quantitative estimate of drug-likeness (QED) is 0.708. The summed E-state index contributed by atoms with van der Waals surface area (Å²) in [6, 6.07) is 7.09. The van der Waals surface area contributed by atoms with Crippen molar-refractivity contribution in [3.63, 3.8) is 0 Å². The third-order valence-corrected chi connectivity index (χ3v) is 6.31. The summed E-state index contributed by atoms with van der Waals surface area (Å²) >= 11 is 5.88. The van der Waals surface area contributed by atoms with Gasteiger partial charge in [0.1, 0.15) is 9.84 Å². The molecule has 1 fully saturated rings. The number of hydrogen-bond acceptors (Lipinski definition) is 4. The lowest BCUT2D eigenvalue weighted by Crippen LogP contribution is -2.42. The SMILES string of the molecule is CN(C(=O)CCC(=O)/C=C/c1cccc(Cl)c1)C1CCS(=O)(=O)CC1. The molecule has 1 aromatic rings. The molecule has 7 heteroatoms. The van der Waals surface area contributed by atoms with E-state index in [0.29, 0.717) is 17.9 Å². The molecular formula is C18H22ClNO4S. The predicted molar refractivity (Wildman–Crippen MR) is 99.2 cm³/mol. The highest BCUT2D eigenvalue weighted by atomic mass is 35.5. The maximum Gasteiger partial charge on any atom is 0.223 e. The van der Waals surface area contributed by atoms with Crippen LogP contribution in [0.3, 0.4) is 0 Å². The van der Waals surface area contributed by atoms with Gasteiger partial charge in [-0.15, -0.1) is 0 Å². The molecule has 1 amide bonds. The van der Waals surface area contributed by atoms with E-state index in [2.05, 4.69) is 0 Å². The molecule has 0 aliphatic carbocycles. The molecule has 0 atom stereocenters. The monoisotopic (exact) mass is 383 g/mol. The number of benzene rings is 1. The van der Waals surface area contributed by atoms with Gasteiger partial charge in [0.2, 0.25) is 5.91 Å². The van der Waals surface area contributed by atoms with Gasteiger partial charge in [-0.1, -0.05) is 29.8 Å². The van der Waals surface area contributed by atoms with E-state index in [9.17, 15) is 18.0 Å². The van der Waals surface area contributed by atoms with Crippen molar-refractivity contribution in [2.45, 2.75) is 31.7 Å². The summed E-state index contributed by atoms with van der Waals surface area (Å²) in [5.74, 6) is -0.0190. The Bertz CT molecular complexity index is 759. The van der Waals surface area contributed by atoms with E-state index in [0.717, 1.165) is 5.56 Å². The van der Waals surface area contributed by atoms with Gasteiger partial charge in [0.05, 0.1) is 11.5 Å². The van der Waals surface area contributed by atoms with Crippen molar-refractivity contribution in [1.82, 2.24) is 4.90 Å². The number of ketones is 1. The summed E-state index contributed by atoms with van der Waals surface area (Å²) in [6.45, 7) is 0. The Labute approximate surface area is 153 Å². The van der Waals surface area contributed by atoms with Crippen molar-refractivity contribution in [1.29, 1.82) is 0 Å². The van der Waals surface area contributed by atoms with Gasteiger partial charge in [-0.2, -0.15) is 0 Å². The normalized spacial score (nSPS) is 17.5. The van der Waals surface area contributed by atoms with E-state index in [1.807, 2.05) is 6.07 Å². The van der Waals surface area contributed by atoms with E-state index in [1.54, 1.807) is 36.2 Å². The first-order valence-corrected chi connectivity index (χ1v) is 10.4. The zero-order valence-corrected chi connectivity index (χ0v) is 15.7. The van der Waals surface area contributed by atoms with Crippen LogP contribution in [0.2, 0.25) is 5.02 Å². The first-order chi connectivity index (χ1) is 11.8. The number of allylic oxidation sites excluding steroid dienone is 1. The lowest BCUT2D eigenvalue weighted by molar-refractivity contribution is -0.133.